The van der Waals surface area contributed by atoms with Crippen LogP contribution in [0.3, 0.4) is 0 Å². The van der Waals surface area contributed by atoms with Gasteiger partial charge in [-0.05, 0) is 56.1 Å². The summed E-state index contributed by atoms with van der Waals surface area (Å²) in [5.41, 5.74) is 1.77. The average molecular weight is 523 g/mol. The Morgan fingerprint density at radius 3 is 1.79 bits per heavy atom. The van der Waals surface area contributed by atoms with Crippen molar-refractivity contribution < 1.29 is 4.42 Å². The molecule has 5 rings (SSSR count). The predicted molar refractivity (Wildman–Crippen MR) is 154 cm³/mol. The highest BCUT2D eigenvalue weighted by Gasteiger charge is 2.17. The van der Waals surface area contributed by atoms with Crippen LogP contribution >= 0.6 is 0 Å². The van der Waals surface area contributed by atoms with Crippen molar-refractivity contribution in [2.45, 2.75) is 92.4 Å². The zero-order valence-electron chi connectivity index (χ0n) is 24.4. The van der Waals surface area contributed by atoms with E-state index in [1.54, 1.807) is 6.33 Å². The molecule has 3 aromatic rings. The first-order valence-corrected chi connectivity index (χ1v) is 14.2. The van der Waals surface area contributed by atoms with Gasteiger partial charge < -0.3 is 14.2 Å². The van der Waals surface area contributed by atoms with Gasteiger partial charge >= 0.3 is 0 Å². The highest BCUT2D eigenvalue weighted by atomic mass is 16.4. The second-order valence-electron chi connectivity index (χ2n) is 11.3. The first kappa shape index (κ1) is 29.5. The van der Waals surface area contributed by atoms with Gasteiger partial charge in [0.2, 0.25) is 5.89 Å². The van der Waals surface area contributed by atoms with Crippen LogP contribution in [0.1, 0.15) is 104 Å². The summed E-state index contributed by atoms with van der Waals surface area (Å²) in [5.74, 6) is 4.62. The molecule has 0 aliphatic carbocycles. The Morgan fingerprint density at radius 2 is 1.26 bits per heavy atom. The van der Waals surface area contributed by atoms with Crippen molar-refractivity contribution in [2.75, 3.05) is 36.0 Å². The third-order valence-electron chi connectivity index (χ3n) is 6.18. The Morgan fingerprint density at radius 1 is 0.658 bits per heavy atom. The number of anilines is 2. The number of hydrogen-bond acceptors (Lipinski definition) is 9. The predicted octanol–water partition coefficient (Wildman–Crippen LogP) is 6.50. The molecular weight excluding hydrogens is 476 g/mol. The molecular formula is C29H46N8O. The lowest BCUT2D eigenvalue weighted by Crippen LogP contribution is -2.30. The molecule has 0 unspecified atom stereocenters. The molecule has 9 nitrogen and oxygen atoms in total. The fourth-order valence-electron chi connectivity index (χ4n) is 4.10. The maximum Gasteiger partial charge on any atom is 0.268 e. The van der Waals surface area contributed by atoms with Gasteiger partial charge in [0.1, 0.15) is 17.8 Å². The monoisotopic (exact) mass is 522 g/mol. The van der Waals surface area contributed by atoms with Crippen LogP contribution < -0.4 is 9.80 Å². The van der Waals surface area contributed by atoms with E-state index in [9.17, 15) is 0 Å². The molecule has 2 aliphatic heterocycles. The van der Waals surface area contributed by atoms with E-state index in [-0.39, 0.29) is 5.92 Å². The second-order valence-corrected chi connectivity index (χ2v) is 11.3. The van der Waals surface area contributed by atoms with Crippen LogP contribution in [0.25, 0.3) is 11.6 Å². The van der Waals surface area contributed by atoms with Crippen LogP contribution in [0.15, 0.2) is 28.9 Å². The molecule has 0 saturated carbocycles. The van der Waals surface area contributed by atoms with E-state index in [0.29, 0.717) is 23.4 Å². The van der Waals surface area contributed by atoms with Crippen molar-refractivity contribution in [1.29, 1.82) is 0 Å². The molecule has 0 aromatic carbocycles. The van der Waals surface area contributed by atoms with Crippen LogP contribution in [0.4, 0.5) is 11.6 Å². The van der Waals surface area contributed by atoms with Gasteiger partial charge in [0.05, 0.1) is 0 Å². The summed E-state index contributed by atoms with van der Waals surface area (Å²) in [6.07, 6.45) is 8.09. The molecule has 38 heavy (non-hydrogen) atoms. The summed E-state index contributed by atoms with van der Waals surface area (Å²) in [5, 5.41) is 16.4. The molecule has 208 valence electrons. The maximum atomic E-state index is 5.56. The van der Waals surface area contributed by atoms with E-state index in [2.05, 4.69) is 80.8 Å². The molecule has 0 bridgehead atoms. The highest BCUT2D eigenvalue weighted by Crippen LogP contribution is 2.22. The van der Waals surface area contributed by atoms with E-state index in [0.717, 1.165) is 49.4 Å². The molecule has 5 heterocycles. The van der Waals surface area contributed by atoms with Crippen molar-refractivity contribution in [2.24, 2.45) is 5.92 Å². The van der Waals surface area contributed by atoms with Crippen LogP contribution in [0.5, 0.6) is 0 Å². The third-order valence-corrected chi connectivity index (χ3v) is 6.18. The second kappa shape index (κ2) is 14.7. The number of piperidine rings is 1. The minimum Gasteiger partial charge on any atom is -0.419 e. The lowest BCUT2D eigenvalue weighted by atomic mass is 10.1. The van der Waals surface area contributed by atoms with Crippen LogP contribution in [0.2, 0.25) is 0 Å². The lowest BCUT2D eigenvalue weighted by molar-refractivity contribution is 0.479. The van der Waals surface area contributed by atoms with Crippen molar-refractivity contribution >= 4 is 11.6 Å². The van der Waals surface area contributed by atoms with Gasteiger partial charge in [-0.15, -0.1) is 20.4 Å². The van der Waals surface area contributed by atoms with Gasteiger partial charge in [-0.2, -0.15) is 0 Å². The van der Waals surface area contributed by atoms with E-state index < -0.39 is 0 Å². The van der Waals surface area contributed by atoms with E-state index >= 15 is 0 Å². The smallest absolute Gasteiger partial charge is 0.268 e. The van der Waals surface area contributed by atoms with Crippen LogP contribution in [-0.4, -0.2) is 56.5 Å². The third kappa shape index (κ3) is 9.03. The summed E-state index contributed by atoms with van der Waals surface area (Å²) in [7, 11) is 0. The number of hydrogen-bond donors (Lipinski definition) is 0. The van der Waals surface area contributed by atoms with Crippen LogP contribution in [-0.2, 0) is 0 Å². The Labute approximate surface area is 228 Å². The standard InChI is InChI=1S/C13H17N5O.C12H19N3.C4H10/c1-9(2)12-16-17-13(19-12)10-5-6-11(15-14-10)18-7-3-4-8-18;1-10(2)11-8-12(14-9-13-11)15-6-4-3-5-7-15;1-4(2)3/h5-6,9H,3-4,7-8H2,1-2H3;8-10H,3-7H2,1-2H3;4H,1-3H3. The van der Waals surface area contributed by atoms with Crippen LogP contribution in [0, 0.1) is 5.92 Å². The number of aromatic nitrogens is 6. The van der Waals surface area contributed by atoms with Crippen molar-refractivity contribution in [3.05, 3.63) is 36.1 Å². The van der Waals surface area contributed by atoms with E-state index in [1.807, 2.05) is 26.0 Å². The number of rotatable bonds is 5. The van der Waals surface area contributed by atoms with E-state index in [1.165, 1.54) is 32.1 Å². The molecule has 2 fully saturated rings. The highest BCUT2D eigenvalue weighted by molar-refractivity contribution is 5.49. The largest absolute Gasteiger partial charge is 0.419 e. The minimum absolute atomic E-state index is 0.220. The van der Waals surface area contributed by atoms with Crippen molar-refractivity contribution in [3.63, 3.8) is 0 Å². The molecule has 0 N–H and O–H groups in total. The first-order chi connectivity index (χ1) is 18.2. The number of nitrogens with zero attached hydrogens (tertiary/aromatic N) is 8. The summed E-state index contributed by atoms with van der Waals surface area (Å²) < 4.78 is 5.56. The minimum atomic E-state index is 0.220. The molecule has 2 aliphatic rings. The van der Waals surface area contributed by atoms with E-state index in [4.69, 9.17) is 4.42 Å². The van der Waals surface area contributed by atoms with Crippen molar-refractivity contribution in [1.82, 2.24) is 30.4 Å². The fourth-order valence-corrected chi connectivity index (χ4v) is 4.10. The lowest BCUT2D eigenvalue weighted by Gasteiger charge is -2.27. The molecule has 0 spiro atoms. The summed E-state index contributed by atoms with van der Waals surface area (Å²) >= 11 is 0. The Hall–Kier alpha value is -3.10. The summed E-state index contributed by atoms with van der Waals surface area (Å²) in [4.78, 5) is 13.3. The maximum absolute atomic E-state index is 5.56. The Bertz CT molecular complexity index is 1070. The molecule has 0 atom stereocenters. The quantitative estimate of drug-likeness (QED) is 0.372. The van der Waals surface area contributed by atoms with Gasteiger partial charge in [-0.3, -0.25) is 0 Å². The average Bonchev–Trinajstić information content (AvgIpc) is 3.63. The molecule has 9 heteroatoms. The van der Waals surface area contributed by atoms with Gasteiger partial charge in [-0.25, -0.2) is 9.97 Å². The topological polar surface area (TPSA) is 97.0 Å². The molecule has 3 aromatic heterocycles. The van der Waals surface area contributed by atoms with Crippen molar-refractivity contribution in [3.8, 4) is 11.6 Å². The van der Waals surface area contributed by atoms with Gasteiger partial charge in [0, 0.05) is 43.9 Å². The van der Waals surface area contributed by atoms with Gasteiger partial charge in [0.15, 0.2) is 5.82 Å². The zero-order valence-corrected chi connectivity index (χ0v) is 24.4. The van der Waals surface area contributed by atoms with Gasteiger partial charge in [0.25, 0.3) is 5.89 Å². The zero-order chi connectivity index (χ0) is 27.5. The fraction of sp³-hybridized carbons (Fsp3) is 0.655. The SMILES string of the molecule is CC(C)C.CC(C)c1cc(N2CCCCC2)ncn1.CC(C)c1nnc(-c2ccc(N3CCCC3)nn2)o1. The molecule has 0 amide bonds. The normalized spacial score (nSPS) is 15.4. The molecule has 0 radical (unpaired) electrons. The summed E-state index contributed by atoms with van der Waals surface area (Å²) in [6.45, 7) is 19.3. The first-order valence-electron chi connectivity index (χ1n) is 14.2. The molecule has 2 saturated heterocycles. The Kier molecular flexibility index (Phi) is 11.4. The summed E-state index contributed by atoms with van der Waals surface area (Å²) in [6, 6.07) is 5.99. The Balaban J connectivity index is 0.000000189. The van der Waals surface area contributed by atoms with Gasteiger partial charge in [-0.1, -0.05) is 48.5 Å².